The molecule has 22 heavy (non-hydrogen) atoms. The summed E-state index contributed by atoms with van der Waals surface area (Å²) >= 11 is 0. The molecule has 7 heteroatoms. The number of piperidine rings is 1. The smallest absolute Gasteiger partial charge is 0.241 e. The third-order valence-electron chi connectivity index (χ3n) is 3.54. The summed E-state index contributed by atoms with van der Waals surface area (Å²) in [6.45, 7) is 0.924. The highest BCUT2D eigenvalue weighted by Gasteiger charge is 2.20. The van der Waals surface area contributed by atoms with Crippen molar-refractivity contribution in [2.75, 3.05) is 11.9 Å². The molecule has 1 fully saturated rings. The zero-order valence-electron chi connectivity index (χ0n) is 12.1. The second kappa shape index (κ2) is 8.78. The Balaban J connectivity index is 0.00000121. The number of carbonyl (C=O) groups excluding carboxylic acids is 1. The number of hydrogen-bond acceptors (Lipinski definition) is 3. The number of anilines is 1. The number of imidazole rings is 1. The maximum atomic E-state index is 12.2. The molecule has 0 bridgehead atoms. The van der Waals surface area contributed by atoms with Gasteiger partial charge in [0.05, 0.1) is 12.4 Å². The van der Waals surface area contributed by atoms with Crippen LogP contribution in [0.2, 0.25) is 0 Å². The van der Waals surface area contributed by atoms with E-state index in [-0.39, 0.29) is 36.8 Å². The maximum Gasteiger partial charge on any atom is 0.241 e. The predicted octanol–water partition coefficient (Wildman–Crippen LogP) is 2.80. The van der Waals surface area contributed by atoms with Gasteiger partial charge in [0.1, 0.15) is 0 Å². The van der Waals surface area contributed by atoms with Crippen LogP contribution >= 0.6 is 24.8 Å². The second-order valence-electron chi connectivity index (χ2n) is 5.01. The number of carbonyl (C=O) groups is 1. The van der Waals surface area contributed by atoms with Crippen molar-refractivity contribution >= 4 is 36.4 Å². The van der Waals surface area contributed by atoms with Crippen molar-refractivity contribution in [1.29, 1.82) is 0 Å². The third-order valence-corrected chi connectivity index (χ3v) is 3.54. The zero-order chi connectivity index (χ0) is 13.8. The Morgan fingerprint density at radius 1 is 1.32 bits per heavy atom. The Morgan fingerprint density at radius 2 is 2.18 bits per heavy atom. The SMILES string of the molecule is Cl.Cl.O=C(Nc1cccc(-n2ccnc2)c1)[C@@H]1CCCCN1. The molecule has 1 saturated heterocycles. The van der Waals surface area contributed by atoms with Gasteiger partial charge in [-0.3, -0.25) is 4.79 Å². The molecule has 0 spiro atoms. The van der Waals surface area contributed by atoms with Gasteiger partial charge in [0.2, 0.25) is 5.91 Å². The quantitative estimate of drug-likeness (QED) is 0.901. The van der Waals surface area contributed by atoms with E-state index in [2.05, 4.69) is 15.6 Å². The maximum absolute atomic E-state index is 12.2. The number of hydrogen-bond donors (Lipinski definition) is 2. The predicted molar refractivity (Wildman–Crippen MR) is 92.3 cm³/mol. The first-order valence-electron chi connectivity index (χ1n) is 6.95. The van der Waals surface area contributed by atoms with Crippen molar-refractivity contribution in [3.05, 3.63) is 43.0 Å². The van der Waals surface area contributed by atoms with E-state index in [1.54, 1.807) is 12.5 Å². The van der Waals surface area contributed by atoms with Crippen LogP contribution in [0.15, 0.2) is 43.0 Å². The van der Waals surface area contributed by atoms with Gasteiger partial charge >= 0.3 is 0 Å². The van der Waals surface area contributed by atoms with Gasteiger partial charge in [-0.1, -0.05) is 12.5 Å². The Hall–Kier alpha value is -1.56. The van der Waals surface area contributed by atoms with Gasteiger partial charge in [0, 0.05) is 23.8 Å². The standard InChI is InChI=1S/C15H18N4O.2ClH/c20-15(14-6-1-2-7-17-14)18-12-4-3-5-13(10-12)19-9-8-16-11-19;;/h3-5,8-11,14,17H,1-2,6-7H2,(H,18,20);2*1H/t14-;;/m0../s1. The number of halogens is 2. The van der Waals surface area contributed by atoms with Crippen molar-refractivity contribution in [2.24, 2.45) is 0 Å². The highest BCUT2D eigenvalue weighted by Crippen LogP contribution is 2.16. The molecule has 0 aliphatic carbocycles. The Labute approximate surface area is 142 Å². The van der Waals surface area contributed by atoms with Crippen LogP contribution in [0.3, 0.4) is 0 Å². The highest BCUT2D eigenvalue weighted by molar-refractivity contribution is 5.95. The fourth-order valence-electron chi connectivity index (χ4n) is 2.46. The van der Waals surface area contributed by atoms with Gasteiger partial charge in [-0.15, -0.1) is 24.8 Å². The Bertz CT molecular complexity index is 583. The summed E-state index contributed by atoms with van der Waals surface area (Å²) in [4.78, 5) is 16.2. The molecule has 0 radical (unpaired) electrons. The van der Waals surface area contributed by atoms with E-state index in [1.807, 2.05) is 35.0 Å². The molecule has 1 amide bonds. The lowest BCUT2D eigenvalue weighted by Gasteiger charge is -2.22. The largest absolute Gasteiger partial charge is 0.325 e. The highest BCUT2D eigenvalue weighted by atomic mass is 35.5. The van der Waals surface area contributed by atoms with E-state index in [4.69, 9.17) is 0 Å². The van der Waals surface area contributed by atoms with E-state index < -0.39 is 0 Å². The summed E-state index contributed by atoms with van der Waals surface area (Å²) in [5.74, 6) is 0.0486. The molecule has 0 unspecified atom stereocenters. The average molecular weight is 343 g/mol. The molecule has 3 rings (SSSR count). The molecule has 5 nitrogen and oxygen atoms in total. The lowest BCUT2D eigenvalue weighted by atomic mass is 10.0. The molecular weight excluding hydrogens is 323 g/mol. The molecule has 1 atom stereocenters. The van der Waals surface area contributed by atoms with Crippen LogP contribution in [0.4, 0.5) is 5.69 Å². The summed E-state index contributed by atoms with van der Waals surface area (Å²) < 4.78 is 1.91. The molecule has 120 valence electrons. The molecule has 0 saturated carbocycles. The van der Waals surface area contributed by atoms with Crippen molar-refractivity contribution in [3.8, 4) is 5.69 Å². The molecular formula is C15H20Cl2N4O. The minimum atomic E-state index is -0.0688. The van der Waals surface area contributed by atoms with Gasteiger partial charge in [0.25, 0.3) is 0 Å². The van der Waals surface area contributed by atoms with Crippen LogP contribution in [-0.4, -0.2) is 28.0 Å². The van der Waals surface area contributed by atoms with Crippen molar-refractivity contribution in [2.45, 2.75) is 25.3 Å². The minimum absolute atomic E-state index is 0. The van der Waals surface area contributed by atoms with Gasteiger partial charge in [-0.25, -0.2) is 4.98 Å². The van der Waals surface area contributed by atoms with E-state index in [1.165, 1.54) is 0 Å². The van der Waals surface area contributed by atoms with Crippen LogP contribution in [-0.2, 0) is 4.79 Å². The number of aromatic nitrogens is 2. The Kier molecular flexibility index (Phi) is 7.38. The normalized spacial score (nSPS) is 17.0. The minimum Gasteiger partial charge on any atom is -0.325 e. The lowest BCUT2D eigenvalue weighted by Crippen LogP contribution is -2.43. The number of rotatable bonds is 3. The van der Waals surface area contributed by atoms with Crippen LogP contribution in [0.25, 0.3) is 5.69 Å². The van der Waals surface area contributed by atoms with Crippen molar-refractivity contribution in [1.82, 2.24) is 14.9 Å². The third kappa shape index (κ3) is 4.47. The summed E-state index contributed by atoms with van der Waals surface area (Å²) in [5, 5.41) is 6.23. The fraction of sp³-hybridized carbons (Fsp3) is 0.333. The summed E-state index contributed by atoms with van der Waals surface area (Å²) in [7, 11) is 0. The van der Waals surface area contributed by atoms with Gasteiger partial charge in [0.15, 0.2) is 0 Å². The van der Waals surface area contributed by atoms with E-state index in [0.717, 1.165) is 37.2 Å². The second-order valence-corrected chi connectivity index (χ2v) is 5.01. The van der Waals surface area contributed by atoms with Crippen LogP contribution in [0.5, 0.6) is 0 Å². The van der Waals surface area contributed by atoms with Gasteiger partial charge in [-0.05, 0) is 37.6 Å². The average Bonchev–Trinajstić information content (AvgIpc) is 3.03. The van der Waals surface area contributed by atoms with Crippen LogP contribution in [0.1, 0.15) is 19.3 Å². The van der Waals surface area contributed by atoms with Gasteiger partial charge < -0.3 is 15.2 Å². The van der Waals surface area contributed by atoms with E-state index in [9.17, 15) is 4.79 Å². The Morgan fingerprint density at radius 3 is 2.86 bits per heavy atom. The van der Waals surface area contributed by atoms with Crippen molar-refractivity contribution in [3.63, 3.8) is 0 Å². The summed E-state index contributed by atoms with van der Waals surface area (Å²) in [6.07, 6.45) is 8.53. The molecule has 1 aliphatic rings. The monoisotopic (exact) mass is 342 g/mol. The molecule has 1 aliphatic heterocycles. The number of nitrogens with zero attached hydrogens (tertiary/aromatic N) is 2. The van der Waals surface area contributed by atoms with E-state index >= 15 is 0 Å². The molecule has 1 aromatic carbocycles. The number of amides is 1. The zero-order valence-corrected chi connectivity index (χ0v) is 13.7. The topological polar surface area (TPSA) is 59.0 Å². The molecule has 2 N–H and O–H groups in total. The van der Waals surface area contributed by atoms with Crippen LogP contribution < -0.4 is 10.6 Å². The molecule has 1 aromatic heterocycles. The lowest BCUT2D eigenvalue weighted by molar-refractivity contribution is -0.118. The fourth-order valence-corrected chi connectivity index (χ4v) is 2.46. The summed E-state index contributed by atoms with van der Waals surface area (Å²) in [5.41, 5.74) is 1.80. The first-order valence-corrected chi connectivity index (χ1v) is 6.95. The first kappa shape index (κ1) is 18.5. The van der Waals surface area contributed by atoms with E-state index in [0.29, 0.717) is 0 Å². The molecule has 2 heterocycles. The number of benzene rings is 1. The molecule has 2 aromatic rings. The summed E-state index contributed by atoms with van der Waals surface area (Å²) in [6, 6.07) is 7.69. The van der Waals surface area contributed by atoms with Gasteiger partial charge in [-0.2, -0.15) is 0 Å². The number of nitrogens with one attached hydrogen (secondary N) is 2. The van der Waals surface area contributed by atoms with Crippen molar-refractivity contribution < 1.29 is 4.79 Å². The first-order chi connectivity index (χ1) is 9.83. The van der Waals surface area contributed by atoms with Crippen LogP contribution in [0, 0.1) is 0 Å².